The second kappa shape index (κ2) is 6.73. The highest BCUT2D eigenvalue weighted by Crippen LogP contribution is 2.39. The van der Waals surface area contributed by atoms with Gasteiger partial charge in [-0.15, -0.1) is 0 Å². The lowest BCUT2D eigenvalue weighted by Gasteiger charge is -2.24. The van der Waals surface area contributed by atoms with Crippen molar-refractivity contribution in [3.05, 3.63) is 57.0 Å². The second-order valence-electron chi connectivity index (χ2n) is 6.53. The minimum Gasteiger partial charge on any atom is -0.486 e. The lowest BCUT2D eigenvalue weighted by molar-refractivity contribution is -0.131. The van der Waals surface area contributed by atoms with E-state index < -0.39 is 11.6 Å². The fourth-order valence-electron chi connectivity index (χ4n) is 3.33. The Hall–Kier alpha value is -2.25. The Bertz CT molecular complexity index is 951. The molecule has 0 radical (unpaired) electrons. The van der Waals surface area contributed by atoms with E-state index in [0.717, 1.165) is 4.47 Å². The molecule has 27 heavy (non-hydrogen) atoms. The summed E-state index contributed by atoms with van der Waals surface area (Å²) in [5.41, 5.74) is 0.240. The molecule has 2 aliphatic rings. The molecular weight excluding hydrogens is 436 g/mol. The number of imide groups is 1. The van der Waals surface area contributed by atoms with Crippen LogP contribution in [0.15, 0.2) is 40.9 Å². The molecule has 1 fully saturated rings. The zero-order valence-electron chi connectivity index (χ0n) is 14.4. The predicted molar refractivity (Wildman–Crippen MR) is 103 cm³/mol. The summed E-state index contributed by atoms with van der Waals surface area (Å²) < 4.78 is 11.8. The summed E-state index contributed by atoms with van der Waals surface area (Å²) in [6.45, 7) is 2.64. The first-order valence-electron chi connectivity index (χ1n) is 8.37. The van der Waals surface area contributed by atoms with E-state index in [9.17, 15) is 9.59 Å². The molecule has 3 amide bonds. The Kier molecular flexibility index (Phi) is 4.52. The molecule has 2 aromatic carbocycles. The van der Waals surface area contributed by atoms with Gasteiger partial charge in [0.2, 0.25) is 0 Å². The van der Waals surface area contributed by atoms with Crippen molar-refractivity contribution in [2.45, 2.75) is 19.0 Å². The summed E-state index contributed by atoms with van der Waals surface area (Å²) in [4.78, 5) is 26.8. The number of rotatable bonds is 3. The van der Waals surface area contributed by atoms with Crippen molar-refractivity contribution in [1.82, 2.24) is 10.2 Å². The number of benzene rings is 2. The fraction of sp³-hybridized carbons (Fsp3) is 0.263. The van der Waals surface area contributed by atoms with Gasteiger partial charge < -0.3 is 14.8 Å². The zero-order valence-corrected chi connectivity index (χ0v) is 16.8. The Labute approximate surface area is 169 Å². The third-order valence-electron chi connectivity index (χ3n) is 4.68. The van der Waals surface area contributed by atoms with E-state index in [1.54, 1.807) is 19.1 Å². The van der Waals surface area contributed by atoms with Crippen LogP contribution in [0, 0.1) is 0 Å². The van der Waals surface area contributed by atoms with Gasteiger partial charge in [0.1, 0.15) is 18.8 Å². The average Bonchev–Trinajstić information content (AvgIpc) is 2.86. The monoisotopic (exact) mass is 450 g/mol. The first kappa shape index (κ1) is 18.1. The van der Waals surface area contributed by atoms with Crippen LogP contribution >= 0.6 is 27.5 Å². The largest absolute Gasteiger partial charge is 0.486 e. The van der Waals surface area contributed by atoms with Gasteiger partial charge in [0.15, 0.2) is 11.5 Å². The summed E-state index contributed by atoms with van der Waals surface area (Å²) >= 11 is 9.72. The number of urea groups is 1. The number of amides is 3. The summed E-state index contributed by atoms with van der Waals surface area (Å²) in [7, 11) is 0. The minimum absolute atomic E-state index is 0.0844. The number of ether oxygens (including phenoxy) is 2. The smallest absolute Gasteiger partial charge is 0.325 e. The zero-order chi connectivity index (χ0) is 19.2. The number of nitrogens with one attached hydrogen (secondary N) is 1. The van der Waals surface area contributed by atoms with Crippen molar-refractivity contribution in [3.63, 3.8) is 0 Å². The summed E-state index contributed by atoms with van der Waals surface area (Å²) in [6.07, 6.45) is 0. The van der Waals surface area contributed by atoms with Crippen molar-refractivity contribution in [2.75, 3.05) is 13.2 Å². The molecule has 0 aromatic heterocycles. The molecule has 8 heteroatoms. The van der Waals surface area contributed by atoms with Gasteiger partial charge in [-0.25, -0.2) is 4.79 Å². The Balaban J connectivity index is 1.64. The van der Waals surface area contributed by atoms with Gasteiger partial charge in [0, 0.05) is 10.0 Å². The maximum absolute atomic E-state index is 13.1. The van der Waals surface area contributed by atoms with Crippen LogP contribution in [0.2, 0.25) is 5.02 Å². The minimum atomic E-state index is -1.14. The molecule has 4 rings (SSSR count). The lowest BCUT2D eigenvalue weighted by atomic mass is 9.92. The van der Waals surface area contributed by atoms with Gasteiger partial charge >= 0.3 is 6.03 Å². The Morgan fingerprint density at radius 2 is 1.96 bits per heavy atom. The molecule has 6 nitrogen and oxygen atoms in total. The van der Waals surface area contributed by atoms with Crippen molar-refractivity contribution < 1.29 is 19.1 Å². The quantitative estimate of drug-likeness (QED) is 0.720. The number of hydrogen-bond acceptors (Lipinski definition) is 4. The molecule has 0 spiro atoms. The molecule has 0 bridgehead atoms. The SMILES string of the molecule is CC1(c2ccccc2Br)NC(=O)N(Cc2cc(Cl)c3c(c2)OCCO3)C1=O. The second-order valence-corrected chi connectivity index (χ2v) is 7.79. The van der Waals surface area contributed by atoms with Crippen LogP contribution in [0.25, 0.3) is 0 Å². The molecule has 1 atom stereocenters. The number of hydrogen-bond donors (Lipinski definition) is 1. The highest BCUT2D eigenvalue weighted by molar-refractivity contribution is 9.10. The van der Waals surface area contributed by atoms with E-state index in [4.69, 9.17) is 21.1 Å². The number of halogens is 2. The maximum atomic E-state index is 13.1. The van der Waals surface area contributed by atoms with Crippen LogP contribution in [0.5, 0.6) is 11.5 Å². The number of fused-ring (bicyclic) bond motifs is 1. The molecular formula is C19H16BrClN2O4. The maximum Gasteiger partial charge on any atom is 0.325 e. The van der Waals surface area contributed by atoms with Crippen LogP contribution in [-0.2, 0) is 16.9 Å². The standard InChI is InChI=1S/C19H16BrClN2O4/c1-19(12-4-2-3-5-13(12)20)17(24)23(18(25)22-19)10-11-8-14(21)16-15(9-11)26-6-7-27-16/h2-5,8-9H,6-7,10H2,1H3,(H,22,25). The van der Waals surface area contributed by atoms with E-state index in [1.165, 1.54) is 4.90 Å². The van der Waals surface area contributed by atoms with Crippen LogP contribution in [0.4, 0.5) is 4.79 Å². The van der Waals surface area contributed by atoms with E-state index in [-0.39, 0.29) is 12.5 Å². The lowest BCUT2D eigenvalue weighted by Crippen LogP contribution is -2.41. The fourth-order valence-corrected chi connectivity index (χ4v) is 4.30. The molecule has 2 heterocycles. The molecule has 2 aromatic rings. The van der Waals surface area contributed by atoms with Gasteiger partial charge in [0.25, 0.3) is 5.91 Å². The van der Waals surface area contributed by atoms with Crippen molar-refractivity contribution in [1.29, 1.82) is 0 Å². The van der Waals surface area contributed by atoms with Crippen LogP contribution in [0.1, 0.15) is 18.1 Å². The Morgan fingerprint density at radius 1 is 1.22 bits per heavy atom. The van der Waals surface area contributed by atoms with E-state index in [2.05, 4.69) is 21.2 Å². The normalized spacial score (nSPS) is 21.4. The first-order valence-corrected chi connectivity index (χ1v) is 9.54. The average molecular weight is 452 g/mol. The van der Waals surface area contributed by atoms with Gasteiger partial charge in [-0.3, -0.25) is 9.69 Å². The highest BCUT2D eigenvalue weighted by Gasteiger charge is 2.49. The van der Waals surface area contributed by atoms with Crippen molar-refractivity contribution in [3.8, 4) is 11.5 Å². The van der Waals surface area contributed by atoms with E-state index >= 15 is 0 Å². The molecule has 0 aliphatic carbocycles. The summed E-state index contributed by atoms with van der Waals surface area (Å²) in [5, 5.41) is 3.19. The molecule has 1 unspecified atom stereocenters. The molecule has 2 aliphatic heterocycles. The third kappa shape index (κ3) is 3.04. The van der Waals surface area contributed by atoms with Gasteiger partial charge in [-0.1, -0.05) is 45.7 Å². The van der Waals surface area contributed by atoms with Crippen LogP contribution < -0.4 is 14.8 Å². The van der Waals surface area contributed by atoms with Gasteiger partial charge in [0.05, 0.1) is 11.6 Å². The van der Waals surface area contributed by atoms with E-state index in [0.29, 0.717) is 40.9 Å². The molecule has 140 valence electrons. The highest BCUT2D eigenvalue weighted by atomic mass is 79.9. The molecule has 1 saturated heterocycles. The van der Waals surface area contributed by atoms with Crippen LogP contribution in [-0.4, -0.2) is 30.1 Å². The van der Waals surface area contributed by atoms with Gasteiger partial charge in [-0.2, -0.15) is 0 Å². The van der Waals surface area contributed by atoms with Crippen molar-refractivity contribution >= 4 is 39.5 Å². The number of nitrogens with zero attached hydrogens (tertiary/aromatic N) is 1. The van der Waals surface area contributed by atoms with Gasteiger partial charge in [-0.05, 0) is 30.7 Å². The third-order valence-corrected chi connectivity index (χ3v) is 5.66. The predicted octanol–water partition coefficient (Wildman–Crippen LogP) is 3.84. The number of carbonyl (C=O) groups is 2. The topological polar surface area (TPSA) is 67.9 Å². The van der Waals surface area contributed by atoms with E-state index in [1.807, 2.05) is 24.3 Å². The summed E-state index contributed by atoms with van der Waals surface area (Å²) in [5.74, 6) is 0.678. The molecule has 0 saturated carbocycles. The molecule has 1 N–H and O–H groups in total. The summed E-state index contributed by atoms with van der Waals surface area (Å²) in [6, 6.07) is 10.3. The van der Waals surface area contributed by atoms with Crippen LogP contribution in [0.3, 0.4) is 0 Å². The Morgan fingerprint density at radius 3 is 2.74 bits per heavy atom. The number of carbonyl (C=O) groups excluding carboxylic acids is 2. The van der Waals surface area contributed by atoms with Crippen molar-refractivity contribution in [2.24, 2.45) is 0 Å². The first-order chi connectivity index (χ1) is 12.9.